The number of nitrogens with zero attached hydrogens (tertiary/aromatic N) is 2. The van der Waals surface area contributed by atoms with Gasteiger partial charge < -0.3 is 5.32 Å². The SMILES string of the molecule is CC1(n2cccn2)CNC1. The maximum Gasteiger partial charge on any atom is 0.0846 e. The highest BCUT2D eigenvalue weighted by Gasteiger charge is 2.33. The van der Waals surface area contributed by atoms with E-state index < -0.39 is 0 Å². The van der Waals surface area contributed by atoms with Gasteiger partial charge in [-0.1, -0.05) is 0 Å². The van der Waals surface area contributed by atoms with Gasteiger partial charge in [-0.25, -0.2) is 0 Å². The first-order valence-electron chi connectivity index (χ1n) is 3.52. The Labute approximate surface area is 60.0 Å². The highest BCUT2D eigenvalue weighted by Crippen LogP contribution is 2.18. The summed E-state index contributed by atoms with van der Waals surface area (Å²) in [7, 11) is 0. The van der Waals surface area contributed by atoms with E-state index in [4.69, 9.17) is 0 Å². The summed E-state index contributed by atoms with van der Waals surface area (Å²) in [5, 5.41) is 7.42. The average molecular weight is 137 g/mol. The highest BCUT2D eigenvalue weighted by atomic mass is 15.3. The zero-order valence-electron chi connectivity index (χ0n) is 6.04. The lowest BCUT2D eigenvalue weighted by atomic mass is 9.96. The molecular weight excluding hydrogens is 126 g/mol. The second-order valence-electron chi connectivity index (χ2n) is 3.05. The smallest absolute Gasteiger partial charge is 0.0846 e. The topological polar surface area (TPSA) is 29.9 Å². The van der Waals surface area contributed by atoms with E-state index >= 15 is 0 Å². The van der Waals surface area contributed by atoms with E-state index in [9.17, 15) is 0 Å². The van der Waals surface area contributed by atoms with Crippen molar-refractivity contribution >= 4 is 0 Å². The molecule has 1 saturated heterocycles. The zero-order valence-corrected chi connectivity index (χ0v) is 6.04. The van der Waals surface area contributed by atoms with Gasteiger partial charge in [0.05, 0.1) is 5.54 Å². The zero-order chi connectivity index (χ0) is 7.03. The molecule has 1 aromatic rings. The molecule has 0 bridgehead atoms. The van der Waals surface area contributed by atoms with Crippen molar-refractivity contribution in [2.75, 3.05) is 13.1 Å². The van der Waals surface area contributed by atoms with Crippen LogP contribution in [0.1, 0.15) is 6.92 Å². The number of rotatable bonds is 1. The van der Waals surface area contributed by atoms with Crippen molar-refractivity contribution in [3.63, 3.8) is 0 Å². The molecule has 1 aliphatic heterocycles. The van der Waals surface area contributed by atoms with Crippen molar-refractivity contribution in [1.29, 1.82) is 0 Å². The molecule has 2 heterocycles. The maximum absolute atomic E-state index is 4.19. The van der Waals surface area contributed by atoms with E-state index in [0.717, 1.165) is 13.1 Å². The minimum atomic E-state index is 0.240. The van der Waals surface area contributed by atoms with Gasteiger partial charge in [0.25, 0.3) is 0 Å². The third-order valence-electron chi connectivity index (χ3n) is 2.07. The van der Waals surface area contributed by atoms with Gasteiger partial charge in [0.1, 0.15) is 0 Å². The van der Waals surface area contributed by atoms with Gasteiger partial charge in [0.2, 0.25) is 0 Å². The van der Waals surface area contributed by atoms with Crippen LogP contribution in [0.4, 0.5) is 0 Å². The second-order valence-corrected chi connectivity index (χ2v) is 3.05. The Bertz CT molecular complexity index is 211. The van der Waals surface area contributed by atoms with Crippen LogP contribution in [0.3, 0.4) is 0 Å². The summed E-state index contributed by atoms with van der Waals surface area (Å²) in [6.07, 6.45) is 3.84. The van der Waals surface area contributed by atoms with Crippen molar-refractivity contribution in [1.82, 2.24) is 15.1 Å². The standard InChI is InChI=1S/C7H11N3/c1-7(5-8-6-7)10-4-2-3-9-10/h2-4,8H,5-6H2,1H3. The first-order valence-corrected chi connectivity index (χ1v) is 3.52. The molecule has 0 unspecified atom stereocenters. The van der Waals surface area contributed by atoms with Gasteiger partial charge in [-0.15, -0.1) is 0 Å². The Morgan fingerprint density at radius 2 is 2.40 bits per heavy atom. The van der Waals surface area contributed by atoms with E-state index in [-0.39, 0.29) is 5.54 Å². The monoisotopic (exact) mass is 137 g/mol. The molecule has 0 aromatic carbocycles. The van der Waals surface area contributed by atoms with Crippen molar-refractivity contribution in [2.24, 2.45) is 0 Å². The number of hydrogen-bond acceptors (Lipinski definition) is 2. The fourth-order valence-corrected chi connectivity index (χ4v) is 1.24. The molecule has 0 amide bonds. The molecule has 1 fully saturated rings. The van der Waals surface area contributed by atoms with E-state index in [1.807, 2.05) is 23.1 Å². The summed E-state index contributed by atoms with van der Waals surface area (Å²) in [4.78, 5) is 0. The lowest BCUT2D eigenvalue weighted by molar-refractivity contribution is 0.180. The Kier molecular flexibility index (Phi) is 1.08. The van der Waals surface area contributed by atoms with Crippen molar-refractivity contribution < 1.29 is 0 Å². The predicted octanol–water partition coefficient (Wildman–Crippen LogP) is 0.201. The number of aromatic nitrogens is 2. The molecule has 0 atom stereocenters. The largest absolute Gasteiger partial charge is 0.312 e. The first kappa shape index (κ1) is 5.92. The Morgan fingerprint density at radius 3 is 2.80 bits per heavy atom. The van der Waals surface area contributed by atoms with Crippen molar-refractivity contribution in [3.8, 4) is 0 Å². The molecule has 0 spiro atoms. The van der Waals surface area contributed by atoms with E-state index in [0.29, 0.717) is 0 Å². The number of hydrogen-bond donors (Lipinski definition) is 1. The van der Waals surface area contributed by atoms with E-state index in [1.54, 1.807) is 0 Å². The van der Waals surface area contributed by atoms with Gasteiger partial charge in [0, 0.05) is 25.5 Å². The lowest BCUT2D eigenvalue weighted by Gasteiger charge is -2.39. The second kappa shape index (κ2) is 1.83. The molecule has 3 heteroatoms. The molecule has 1 aromatic heterocycles. The first-order chi connectivity index (χ1) is 4.81. The summed E-state index contributed by atoms with van der Waals surface area (Å²) >= 11 is 0. The molecule has 10 heavy (non-hydrogen) atoms. The van der Waals surface area contributed by atoms with E-state index in [2.05, 4.69) is 17.3 Å². The summed E-state index contributed by atoms with van der Waals surface area (Å²) < 4.78 is 2.02. The average Bonchev–Trinajstić information content (AvgIpc) is 2.33. The van der Waals surface area contributed by atoms with Crippen LogP contribution in [0, 0.1) is 0 Å². The quantitative estimate of drug-likeness (QED) is 0.599. The normalized spacial score (nSPS) is 22.1. The van der Waals surface area contributed by atoms with Gasteiger partial charge in [-0.2, -0.15) is 5.10 Å². The van der Waals surface area contributed by atoms with Gasteiger partial charge in [-0.05, 0) is 13.0 Å². The molecule has 0 aliphatic carbocycles. The minimum Gasteiger partial charge on any atom is -0.312 e. The van der Waals surface area contributed by atoms with Crippen LogP contribution in [0.15, 0.2) is 18.5 Å². The molecular formula is C7H11N3. The minimum absolute atomic E-state index is 0.240. The van der Waals surface area contributed by atoms with Crippen molar-refractivity contribution in [3.05, 3.63) is 18.5 Å². The van der Waals surface area contributed by atoms with Crippen molar-refractivity contribution in [2.45, 2.75) is 12.5 Å². The lowest BCUT2D eigenvalue weighted by Crippen LogP contribution is -2.58. The molecule has 0 radical (unpaired) electrons. The van der Waals surface area contributed by atoms with Gasteiger partial charge in [-0.3, -0.25) is 4.68 Å². The van der Waals surface area contributed by atoms with Gasteiger partial charge >= 0.3 is 0 Å². The maximum atomic E-state index is 4.19. The Morgan fingerprint density at radius 1 is 1.60 bits per heavy atom. The van der Waals surface area contributed by atoms with Crippen LogP contribution >= 0.6 is 0 Å². The molecule has 1 aliphatic rings. The van der Waals surface area contributed by atoms with Gasteiger partial charge in [0.15, 0.2) is 0 Å². The molecule has 2 rings (SSSR count). The van der Waals surface area contributed by atoms with Crippen LogP contribution in [0.5, 0.6) is 0 Å². The summed E-state index contributed by atoms with van der Waals surface area (Å²) in [6.45, 7) is 4.28. The fraction of sp³-hybridized carbons (Fsp3) is 0.571. The Hall–Kier alpha value is -0.830. The molecule has 3 nitrogen and oxygen atoms in total. The molecule has 54 valence electrons. The summed E-state index contributed by atoms with van der Waals surface area (Å²) in [5.74, 6) is 0. The third-order valence-corrected chi connectivity index (χ3v) is 2.07. The molecule has 1 N–H and O–H groups in total. The predicted molar refractivity (Wildman–Crippen MR) is 38.7 cm³/mol. The van der Waals surface area contributed by atoms with Crippen LogP contribution < -0.4 is 5.32 Å². The van der Waals surface area contributed by atoms with E-state index in [1.165, 1.54) is 0 Å². The number of nitrogens with one attached hydrogen (secondary N) is 1. The third kappa shape index (κ3) is 0.671. The summed E-state index contributed by atoms with van der Waals surface area (Å²) in [6, 6.07) is 1.96. The van der Waals surface area contributed by atoms with Crippen LogP contribution in [-0.2, 0) is 5.54 Å². The van der Waals surface area contributed by atoms with Crippen LogP contribution in [0.25, 0.3) is 0 Å². The molecule has 0 saturated carbocycles. The van der Waals surface area contributed by atoms with Crippen LogP contribution in [-0.4, -0.2) is 22.9 Å². The van der Waals surface area contributed by atoms with Crippen LogP contribution in [0.2, 0.25) is 0 Å². The Balaban J connectivity index is 2.27. The fourth-order valence-electron chi connectivity index (χ4n) is 1.24. The highest BCUT2D eigenvalue weighted by molar-refractivity contribution is 4.96. The summed E-state index contributed by atoms with van der Waals surface area (Å²) in [5.41, 5.74) is 0.240.